The largest absolute Gasteiger partial charge is 0.443 e. The van der Waals surface area contributed by atoms with Crippen molar-refractivity contribution in [2.75, 3.05) is 32.7 Å². The van der Waals surface area contributed by atoms with Gasteiger partial charge in [-0.25, -0.2) is 9.98 Å². The summed E-state index contributed by atoms with van der Waals surface area (Å²) in [6, 6.07) is 0. The Morgan fingerprint density at radius 1 is 1.36 bits per heavy atom. The lowest BCUT2D eigenvalue weighted by Crippen LogP contribution is -2.45. The fourth-order valence-corrected chi connectivity index (χ4v) is 3.46. The predicted octanol–water partition coefficient (Wildman–Crippen LogP) is 4.01. The van der Waals surface area contributed by atoms with Gasteiger partial charge in [0.05, 0.1) is 6.20 Å². The van der Waals surface area contributed by atoms with Crippen LogP contribution < -0.4 is 10.6 Å². The van der Waals surface area contributed by atoms with Gasteiger partial charge in [0.1, 0.15) is 12.3 Å². The van der Waals surface area contributed by atoms with E-state index >= 15 is 0 Å². The molecule has 1 unspecified atom stereocenters. The predicted molar refractivity (Wildman–Crippen MR) is 127 cm³/mol. The summed E-state index contributed by atoms with van der Waals surface area (Å²) in [5.74, 6) is 3.81. The molecule has 28 heavy (non-hydrogen) atoms. The Balaban J connectivity index is 0.00000392. The van der Waals surface area contributed by atoms with E-state index in [-0.39, 0.29) is 29.4 Å². The van der Waals surface area contributed by atoms with Crippen molar-refractivity contribution in [2.45, 2.75) is 66.3 Å². The average Bonchev–Trinajstić information content (AvgIpc) is 3.06. The summed E-state index contributed by atoms with van der Waals surface area (Å²) < 4.78 is 5.84. The molecule has 7 heteroatoms. The molecule has 1 aliphatic heterocycles. The van der Waals surface area contributed by atoms with E-state index in [4.69, 9.17) is 4.42 Å². The van der Waals surface area contributed by atoms with E-state index in [1.807, 2.05) is 6.20 Å². The Hall–Kier alpha value is -0.830. The number of aliphatic imine (C=N–C) groups is 1. The monoisotopic (exact) mass is 505 g/mol. The second-order valence-electron chi connectivity index (χ2n) is 9.11. The van der Waals surface area contributed by atoms with Gasteiger partial charge in [0.2, 0.25) is 5.89 Å². The molecule has 1 fully saturated rings. The Bertz CT molecular complexity index is 594. The fraction of sp³-hybridized carbons (Fsp3) is 0.810. The number of likely N-dealkylation sites (tertiary alicyclic amines) is 1. The first kappa shape index (κ1) is 25.2. The first-order chi connectivity index (χ1) is 12.8. The number of aromatic nitrogens is 1. The minimum Gasteiger partial charge on any atom is -0.443 e. The standard InChI is InChI=1S/C21H39N5O.HI/c1-7-22-20(25-13-19-23-12-18(27-19)21(4,5)6)24-11-17-9-8-10-26(15-17)14-16(2)3;/h12,16-17H,7-11,13-15H2,1-6H3,(H2,22,24,25);1H. The van der Waals surface area contributed by atoms with Crippen LogP contribution in [0.25, 0.3) is 0 Å². The number of nitrogens with one attached hydrogen (secondary N) is 2. The maximum atomic E-state index is 5.84. The number of hydrogen-bond acceptors (Lipinski definition) is 4. The maximum Gasteiger partial charge on any atom is 0.216 e. The normalized spacial score (nSPS) is 18.8. The average molecular weight is 505 g/mol. The van der Waals surface area contributed by atoms with Crippen molar-refractivity contribution in [1.29, 1.82) is 0 Å². The van der Waals surface area contributed by atoms with Crippen LogP contribution in [0, 0.1) is 11.8 Å². The minimum absolute atomic E-state index is 0. The van der Waals surface area contributed by atoms with Crippen LogP contribution in [0.15, 0.2) is 15.6 Å². The number of rotatable bonds is 7. The molecule has 1 atom stereocenters. The summed E-state index contributed by atoms with van der Waals surface area (Å²) in [6.45, 7) is 18.9. The van der Waals surface area contributed by atoms with Crippen molar-refractivity contribution in [3.05, 3.63) is 17.8 Å². The van der Waals surface area contributed by atoms with Gasteiger partial charge in [-0.2, -0.15) is 0 Å². The highest BCUT2D eigenvalue weighted by molar-refractivity contribution is 14.0. The van der Waals surface area contributed by atoms with Crippen LogP contribution in [0.2, 0.25) is 0 Å². The van der Waals surface area contributed by atoms with Crippen molar-refractivity contribution < 1.29 is 4.42 Å². The Morgan fingerprint density at radius 2 is 2.11 bits per heavy atom. The number of hydrogen-bond donors (Lipinski definition) is 2. The van der Waals surface area contributed by atoms with Crippen LogP contribution in [0.3, 0.4) is 0 Å². The van der Waals surface area contributed by atoms with Gasteiger partial charge < -0.3 is 20.0 Å². The third kappa shape index (κ3) is 8.68. The van der Waals surface area contributed by atoms with E-state index in [1.54, 1.807) is 0 Å². The number of halogens is 1. The number of guanidine groups is 1. The zero-order valence-corrected chi connectivity index (χ0v) is 20.9. The lowest BCUT2D eigenvalue weighted by atomic mass is 9.94. The molecule has 6 nitrogen and oxygen atoms in total. The third-order valence-electron chi connectivity index (χ3n) is 4.79. The lowest BCUT2D eigenvalue weighted by Gasteiger charge is -2.34. The summed E-state index contributed by atoms with van der Waals surface area (Å²) in [6.07, 6.45) is 4.39. The zero-order valence-electron chi connectivity index (χ0n) is 18.5. The van der Waals surface area contributed by atoms with E-state index in [0.717, 1.165) is 30.7 Å². The molecule has 1 saturated heterocycles. The van der Waals surface area contributed by atoms with Crippen LogP contribution >= 0.6 is 24.0 Å². The summed E-state index contributed by atoms with van der Waals surface area (Å²) in [7, 11) is 0. The van der Waals surface area contributed by atoms with Crippen LogP contribution in [-0.4, -0.2) is 48.6 Å². The third-order valence-corrected chi connectivity index (χ3v) is 4.79. The molecule has 0 amide bonds. The molecule has 0 spiro atoms. The first-order valence-electron chi connectivity index (χ1n) is 10.5. The molecule has 0 saturated carbocycles. The van der Waals surface area contributed by atoms with Crippen molar-refractivity contribution in [3.63, 3.8) is 0 Å². The minimum atomic E-state index is -0.0272. The molecule has 162 valence electrons. The molecule has 2 rings (SSSR count). The Labute approximate surface area is 188 Å². The molecule has 2 N–H and O–H groups in total. The van der Waals surface area contributed by atoms with Gasteiger partial charge in [-0.15, -0.1) is 24.0 Å². The SMILES string of the molecule is CCNC(=NCc1ncc(C(C)(C)C)o1)NCC1CCCN(CC(C)C)C1.I. The molecule has 1 aromatic heterocycles. The van der Waals surface area contributed by atoms with Crippen molar-refractivity contribution in [3.8, 4) is 0 Å². The zero-order chi connectivity index (χ0) is 19.9. The lowest BCUT2D eigenvalue weighted by molar-refractivity contribution is 0.159. The van der Waals surface area contributed by atoms with Gasteiger partial charge in [0.25, 0.3) is 0 Å². The second kappa shape index (κ2) is 12.0. The van der Waals surface area contributed by atoms with Crippen LogP contribution in [0.4, 0.5) is 0 Å². The topological polar surface area (TPSA) is 65.7 Å². The quantitative estimate of drug-likeness (QED) is 0.333. The second-order valence-corrected chi connectivity index (χ2v) is 9.11. The molecule has 1 aliphatic rings. The number of oxazole rings is 1. The van der Waals surface area contributed by atoms with Gasteiger partial charge in [-0.1, -0.05) is 34.6 Å². The molecule has 2 heterocycles. The van der Waals surface area contributed by atoms with Gasteiger partial charge >= 0.3 is 0 Å². The highest BCUT2D eigenvalue weighted by atomic mass is 127. The molecule has 0 bridgehead atoms. The summed E-state index contributed by atoms with van der Waals surface area (Å²) in [5.41, 5.74) is -0.0272. The van der Waals surface area contributed by atoms with Gasteiger partial charge in [0, 0.05) is 31.6 Å². The maximum absolute atomic E-state index is 5.84. The molecule has 1 aromatic rings. The molecular weight excluding hydrogens is 465 g/mol. The van der Waals surface area contributed by atoms with Gasteiger partial charge in [0.15, 0.2) is 5.96 Å². The number of nitrogens with zero attached hydrogens (tertiary/aromatic N) is 3. The van der Waals surface area contributed by atoms with Crippen molar-refractivity contribution in [2.24, 2.45) is 16.8 Å². The van der Waals surface area contributed by atoms with E-state index in [9.17, 15) is 0 Å². The van der Waals surface area contributed by atoms with Crippen molar-refractivity contribution >= 4 is 29.9 Å². The first-order valence-corrected chi connectivity index (χ1v) is 10.5. The molecule has 0 aliphatic carbocycles. The van der Waals surface area contributed by atoms with Crippen molar-refractivity contribution in [1.82, 2.24) is 20.5 Å². The van der Waals surface area contributed by atoms with E-state index < -0.39 is 0 Å². The molecular formula is C21H40IN5O. The molecule has 0 aromatic carbocycles. The number of piperidine rings is 1. The van der Waals surface area contributed by atoms with Crippen LogP contribution in [-0.2, 0) is 12.0 Å². The van der Waals surface area contributed by atoms with E-state index in [1.165, 1.54) is 32.5 Å². The summed E-state index contributed by atoms with van der Waals surface area (Å²) >= 11 is 0. The summed E-state index contributed by atoms with van der Waals surface area (Å²) in [5, 5.41) is 6.84. The highest BCUT2D eigenvalue weighted by Crippen LogP contribution is 2.22. The van der Waals surface area contributed by atoms with Crippen LogP contribution in [0.1, 0.15) is 66.0 Å². The Morgan fingerprint density at radius 3 is 2.71 bits per heavy atom. The summed E-state index contributed by atoms with van der Waals surface area (Å²) in [4.78, 5) is 11.6. The van der Waals surface area contributed by atoms with E-state index in [2.05, 4.69) is 67.1 Å². The smallest absolute Gasteiger partial charge is 0.216 e. The fourth-order valence-electron chi connectivity index (χ4n) is 3.46. The van der Waals surface area contributed by atoms with Gasteiger partial charge in [-0.05, 0) is 38.1 Å². The molecule has 0 radical (unpaired) electrons. The van der Waals surface area contributed by atoms with Crippen LogP contribution in [0.5, 0.6) is 0 Å². The Kier molecular flexibility index (Phi) is 10.8. The van der Waals surface area contributed by atoms with Gasteiger partial charge in [-0.3, -0.25) is 0 Å². The highest BCUT2D eigenvalue weighted by Gasteiger charge is 2.21. The van der Waals surface area contributed by atoms with E-state index in [0.29, 0.717) is 18.4 Å².